The summed E-state index contributed by atoms with van der Waals surface area (Å²) < 4.78 is 1.58. The van der Waals surface area contributed by atoms with Crippen molar-refractivity contribution in [3.63, 3.8) is 0 Å². The van der Waals surface area contributed by atoms with Crippen LogP contribution in [0.5, 0.6) is 5.75 Å². The molecule has 0 unspecified atom stereocenters. The maximum Gasteiger partial charge on any atom is 0.384 e. The Morgan fingerprint density at radius 1 is 0.920 bits per heavy atom. The number of hydrogen-bond acceptors (Lipinski definition) is 3. The van der Waals surface area contributed by atoms with Crippen LogP contribution >= 0.6 is 16.1 Å². The van der Waals surface area contributed by atoms with Crippen LogP contribution in [0, 0.1) is 0 Å². The number of aromatic nitrogens is 1. The number of benzene rings is 2. The Morgan fingerprint density at radius 3 is 2.16 bits per heavy atom. The zero-order valence-corrected chi connectivity index (χ0v) is 15.1. The van der Waals surface area contributed by atoms with E-state index in [1.807, 2.05) is 48.5 Å². The van der Waals surface area contributed by atoms with E-state index in [4.69, 9.17) is 4.84 Å². The van der Waals surface area contributed by atoms with Crippen LogP contribution < -0.4 is 0 Å². The van der Waals surface area contributed by atoms with E-state index >= 15 is 0 Å². The summed E-state index contributed by atoms with van der Waals surface area (Å²) in [7, 11) is 0. The van der Waals surface area contributed by atoms with Crippen LogP contribution in [-0.2, 0) is 17.9 Å². The molecule has 0 saturated heterocycles. The van der Waals surface area contributed by atoms with Gasteiger partial charge in [0.2, 0.25) is 0 Å². The molecule has 0 atom stereocenters. The Labute approximate surface area is 155 Å². The van der Waals surface area contributed by atoms with Gasteiger partial charge in [0.1, 0.15) is 11.4 Å². The van der Waals surface area contributed by atoms with Crippen LogP contribution in [0.4, 0.5) is 0 Å². The lowest BCUT2D eigenvalue weighted by Crippen LogP contribution is -2.18. The van der Waals surface area contributed by atoms with E-state index in [-0.39, 0.29) is 5.75 Å². The highest BCUT2D eigenvalue weighted by molar-refractivity contribution is 9.04. The molecule has 5 heteroatoms. The Kier molecular flexibility index (Phi) is 5.80. The van der Waals surface area contributed by atoms with E-state index in [0.717, 1.165) is 22.5 Å². The minimum absolute atomic E-state index is 0.133. The van der Waals surface area contributed by atoms with Gasteiger partial charge in [-0.1, -0.05) is 60.7 Å². The van der Waals surface area contributed by atoms with Crippen molar-refractivity contribution in [2.45, 2.75) is 13.0 Å². The number of rotatable bonds is 6. The van der Waals surface area contributed by atoms with Gasteiger partial charge >= 0.3 is 16.1 Å². The molecule has 1 heterocycles. The molecule has 0 bridgehead atoms. The average Bonchev–Trinajstić information content (AvgIpc) is 2.67. The summed E-state index contributed by atoms with van der Waals surface area (Å²) in [6.07, 6.45) is 2.07. The lowest BCUT2D eigenvalue weighted by atomic mass is 10.1. The van der Waals surface area contributed by atoms with Gasteiger partial charge in [-0.15, -0.1) is 0 Å². The van der Waals surface area contributed by atoms with Crippen LogP contribution in [0.25, 0.3) is 0 Å². The maximum absolute atomic E-state index is 9.49. The van der Waals surface area contributed by atoms with Gasteiger partial charge in [0, 0.05) is 0 Å². The van der Waals surface area contributed by atoms with E-state index in [9.17, 15) is 5.11 Å². The van der Waals surface area contributed by atoms with Gasteiger partial charge in [-0.05, 0) is 23.3 Å². The quantitative estimate of drug-likeness (QED) is 0.383. The largest absolute Gasteiger partial charge is 0.506 e. The third-order valence-electron chi connectivity index (χ3n) is 3.66. The van der Waals surface area contributed by atoms with Crippen molar-refractivity contribution >= 4 is 21.9 Å². The molecule has 126 valence electrons. The predicted molar refractivity (Wildman–Crippen MR) is 101 cm³/mol. The first-order valence-corrected chi connectivity index (χ1v) is 8.61. The van der Waals surface area contributed by atoms with Crippen molar-refractivity contribution in [3.8, 4) is 5.75 Å². The third-order valence-corrected chi connectivity index (χ3v) is 4.29. The maximum atomic E-state index is 9.49. The fraction of sp³-hybridized carbons (Fsp3) is 0.100. The Morgan fingerprint density at radius 2 is 1.56 bits per heavy atom. The molecule has 0 amide bonds. The van der Waals surface area contributed by atoms with Gasteiger partial charge in [0.05, 0.1) is 16.4 Å². The van der Waals surface area contributed by atoms with Crippen LogP contribution in [0.1, 0.15) is 16.8 Å². The minimum atomic E-state index is 0.133. The molecule has 1 aromatic heterocycles. The molecular weight excluding hydrogens is 380 g/mol. The predicted octanol–water partition coefficient (Wildman–Crippen LogP) is 4.27. The van der Waals surface area contributed by atoms with Gasteiger partial charge < -0.3 is 5.11 Å². The summed E-state index contributed by atoms with van der Waals surface area (Å²) in [4.78, 5) is 10.2. The Bertz CT molecular complexity index is 835. The van der Waals surface area contributed by atoms with Crippen LogP contribution in [0.3, 0.4) is 0 Å². The van der Waals surface area contributed by atoms with Gasteiger partial charge in [-0.3, -0.25) is 4.84 Å². The normalized spacial score (nSPS) is 11.7. The summed E-state index contributed by atoms with van der Waals surface area (Å²) in [6.45, 7) is 0.433. The van der Waals surface area contributed by atoms with Crippen LogP contribution in [0.2, 0.25) is 0 Å². The second-order valence-electron chi connectivity index (χ2n) is 5.51. The second kappa shape index (κ2) is 8.44. The molecule has 4 nitrogen and oxygen atoms in total. The highest BCUT2D eigenvalue weighted by Gasteiger charge is 2.21. The number of halogens is 1. The molecule has 3 aromatic rings. The second-order valence-corrected chi connectivity index (χ2v) is 6.16. The summed E-state index contributed by atoms with van der Waals surface area (Å²) in [6, 6.07) is 23.4. The molecule has 0 saturated carbocycles. The van der Waals surface area contributed by atoms with Crippen molar-refractivity contribution in [2.24, 2.45) is 0 Å². The summed E-state index contributed by atoms with van der Waals surface area (Å²) in [5.41, 5.74) is 3.79. The van der Waals surface area contributed by atoms with Gasteiger partial charge in [-0.25, -0.2) is 4.98 Å². The topological polar surface area (TPSA) is 45.4 Å². The first-order valence-electron chi connectivity index (χ1n) is 7.90. The summed E-state index contributed by atoms with van der Waals surface area (Å²) >= 11 is 3.49. The number of aromatic hydroxyl groups is 1. The van der Waals surface area contributed by atoms with Crippen molar-refractivity contribution in [2.75, 3.05) is 0 Å². The zero-order valence-electron chi connectivity index (χ0n) is 13.5. The monoisotopic (exact) mass is 397 g/mol. The third kappa shape index (κ3) is 4.90. The Balaban J connectivity index is 1.87. The molecule has 0 radical (unpaired) electrons. The van der Waals surface area contributed by atoms with E-state index in [1.54, 1.807) is 15.9 Å². The molecule has 0 aliphatic heterocycles. The van der Waals surface area contributed by atoms with Gasteiger partial charge in [0.25, 0.3) is 5.71 Å². The van der Waals surface area contributed by atoms with Crippen molar-refractivity contribution < 1.29 is 13.7 Å². The van der Waals surface area contributed by atoms with Gasteiger partial charge in [0.15, 0.2) is 6.61 Å². The molecule has 0 aliphatic rings. The Hall–Kier alpha value is -2.66. The zero-order chi connectivity index (χ0) is 17.5. The smallest absolute Gasteiger partial charge is 0.384 e. The minimum Gasteiger partial charge on any atom is -0.506 e. The molecule has 0 spiro atoms. The van der Waals surface area contributed by atoms with E-state index in [0.29, 0.717) is 13.0 Å². The summed E-state index contributed by atoms with van der Waals surface area (Å²) in [5, 5.41) is 9.49. The van der Waals surface area contributed by atoms with Crippen molar-refractivity contribution in [1.82, 2.24) is 4.98 Å². The fourth-order valence-corrected chi connectivity index (χ4v) is 2.78. The van der Waals surface area contributed by atoms with E-state index in [2.05, 4.69) is 33.3 Å². The molecule has 2 aromatic carbocycles. The van der Waals surface area contributed by atoms with Crippen LogP contribution in [0.15, 0.2) is 79.0 Å². The van der Waals surface area contributed by atoms with Crippen molar-refractivity contribution in [1.29, 1.82) is 0 Å². The first-order chi connectivity index (χ1) is 12.2. The van der Waals surface area contributed by atoms with E-state index in [1.165, 1.54) is 6.20 Å². The van der Waals surface area contributed by atoms with Crippen molar-refractivity contribution in [3.05, 3.63) is 95.8 Å². The number of pyridine rings is 1. The number of hydrogen-bond donors (Lipinski definition) is 1. The van der Waals surface area contributed by atoms with Crippen LogP contribution in [-0.4, -0.2) is 19.6 Å². The lowest BCUT2D eigenvalue weighted by molar-refractivity contribution is -0.658. The molecule has 3 rings (SSSR count). The average molecular weight is 398 g/mol. The lowest BCUT2D eigenvalue weighted by Gasteiger charge is -2.05. The summed E-state index contributed by atoms with van der Waals surface area (Å²) in [5.74, 6) is 0.133. The number of nitrogens with zero attached hydrogens (tertiary/aromatic N) is 2. The molecule has 0 fully saturated rings. The standard InChI is InChI=1S/C20H17BrN2O2/c21-23(25-15-17-9-5-2-6-10-17)20(13-16-7-3-1-4-8-16)19-12-11-18(24)14-22-19/h1-12,14H,13,15H2/p+1. The molecule has 1 N–H and O–H groups in total. The molecular formula is C20H18BrN2O2+. The fourth-order valence-electron chi connectivity index (χ4n) is 2.37. The van der Waals surface area contributed by atoms with Gasteiger partial charge in [-0.2, -0.15) is 0 Å². The molecule has 25 heavy (non-hydrogen) atoms. The highest BCUT2D eigenvalue weighted by atomic mass is 79.9. The first kappa shape index (κ1) is 17.2. The highest BCUT2D eigenvalue weighted by Crippen LogP contribution is 2.13. The molecule has 0 aliphatic carbocycles. The van der Waals surface area contributed by atoms with E-state index < -0.39 is 0 Å². The SMILES string of the molecule is Oc1ccc(C(Cc2ccccc2)=[N+](Br)OCc2ccccc2)nc1.